The predicted molar refractivity (Wildman–Crippen MR) is 70.1 cm³/mol. The SMILES string of the molecule is O=C(c1cncn1-c1ccccc1)N1CC[C@@H](O)C1. The number of rotatable bonds is 2. The number of carbonyl (C=O) groups excluding carboxylic acids is 1. The molecule has 1 amide bonds. The number of benzene rings is 1. The Morgan fingerprint density at radius 2 is 2.11 bits per heavy atom. The molecule has 0 aliphatic carbocycles. The van der Waals surface area contributed by atoms with Crippen LogP contribution in [0.15, 0.2) is 42.9 Å². The van der Waals surface area contributed by atoms with Crippen LogP contribution in [0.25, 0.3) is 5.69 Å². The van der Waals surface area contributed by atoms with Gasteiger partial charge in [0.25, 0.3) is 5.91 Å². The number of carbonyl (C=O) groups is 1. The topological polar surface area (TPSA) is 58.4 Å². The fourth-order valence-electron chi connectivity index (χ4n) is 2.34. The van der Waals surface area contributed by atoms with E-state index >= 15 is 0 Å². The maximum atomic E-state index is 12.4. The summed E-state index contributed by atoms with van der Waals surface area (Å²) < 4.78 is 1.77. The van der Waals surface area contributed by atoms with Crippen molar-refractivity contribution >= 4 is 5.91 Å². The van der Waals surface area contributed by atoms with Gasteiger partial charge in [-0.1, -0.05) is 18.2 Å². The van der Waals surface area contributed by atoms with Gasteiger partial charge >= 0.3 is 0 Å². The number of imidazole rings is 1. The first kappa shape index (κ1) is 11.9. The van der Waals surface area contributed by atoms with Crippen molar-refractivity contribution in [1.29, 1.82) is 0 Å². The number of β-amino-alcohol motifs (C(OH)–C–C–N with tert-alkyl or cyclic N) is 1. The molecule has 5 heteroatoms. The summed E-state index contributed by atoms with van der Waals surface area (Å²) in [5.41, 5.74) is 1.43. The number of aliphatic hydroxyl groups is 1. The summed E-state index contributed by atoms with van der Waals surface area (Å²) in [4.78, 5) is 18.1. The van der Waals surface area contributed by atoms with Crippen molar-refractivity contribution in [3.63, 3.8) is 0 Å². The standard InChI is InChI=1S/C14H15N3O2/c18-12-6-7-16(9-12)14(19)13-8-15-10-17(13)11-4-2-1-3-5-11/h1-5,8,10,12,18H,6-7,9H2/t12-/m1/s1. The number of amides is 1. The van der Waals surface area contributed by atoms with E-state index < -0.39 is 6.10 Å². The molecule has 1 aliphatic heterocycles. The average molecular weight is 257 g/mol. The molecule has 0 bridgehead atoms. The van der Waals surface area contributed by atoms with Gasteiger partial charge in [0.15, 0.2) is 0 Å². The molecule has 1 aliphatic rings. The first-order valence-electron chi connectivity index (χ1n) is 6.31. The van der Waals surface area contributed by atoms with Crippen molar-refractivity contribution in [3.8, 4) is 5.69 Å². The van der Waals surface area contributed by atoms with E-state index in [4.69, 9.17) is 0 Å². The summed E-state index contributed by atoms with van der Waals surface area (Å²) in [5.74, 6) is -0.0853. The van der Waals surface area contributed by atoms with E-state index in [-0.39, 0.29) is 5.91 Å². The third-order valence-corrected chi connectivity index (χ3v) is 3.34. The number of hydrogen-bond donors (Lipinski definition) is 1. The normalized spacial score (nSPS) is 18.8. The van der Waals surface area contributed by atoms with Crippen molar-refractivity contribution in [2.24, 2.45) is 0 Å². The van der Waals surface area contributed by atoms with E-state index in [0.29, 0.717) is 25.2 Å². The molecule has 2 aromatic rings. The lowest BCUT2D eigenvalue weighted by Gasteiger charge is -2.16. The van der Waals surface area contributed by atoms with Gasteiger partial charge in [-0.2, -0.15) is 0 Å². The van der Waals surface area contributed by atoms with Crippen LogP contribution in [0.2, 0.25) is 0 Å². The van der Waals surface area contributed by atoms with E-state index in [1.165, 1.54) is 0 Å². The lowest BCUT2D eigenvalue weighted by atomic mass is 10.3. The largest absolute Gasteiger partial charge is 0.391 e. The van der Waals surface area contributed by atoms with E-state index in [0.717, 1.165) is 5.69 Å². The molecule has 19 heavy (non-hydrogen) atoms. The smallest absolute Gasteiger partial charge is 0.272 e. The quantitative estimate of drug-likeness (QED) is 0.875. The Hall–Kier alpha value is -2.14. The lowest BCUT2D eigenvalue weighted by Crippen LogP contribution is -2.30. The van der Waals surface area contributed by atoms with Gasteiger partial charge in [0.2, 0.25) is 0 Å². The van der Waals surface area contributed by atoms with Crippen molar-refractivity contribution in [2.45, 2.75) is 12.5 Å². The molecule has 0 saturated carbocycles. The number of aliphatic hydroxyl groups excluding tert-OH is 1. The second-order valence-corrected chi connectivity index (χ2v) is 4.68. The third kappa shape index (κ3) is 2.24. The Bertz CT molecular complexity index is 579. The highest BCUT2D eigenvalue weighted by Crippen LogP contribution is 2.16. The van der Waals surface area contributed by atoms with E-state index in [1.54, 1.807) is 22.0 Å². The molecule has 0 radical (unpaired) electrons. The average Bonchev–Trinajstić information content (AvgIpc) is 3.07. The number of aromatic nitrogens is 2. The van der Waals surface area contributed by atoms with Crippen molar-refractivity contribution < 1.29 is 9.90 Å². The Balaban J connectivity index is 1.90. The second-order valence-electron chi connectivity index (χ2n) is 4.68. The van der Waals surface area contributed by atoms with Gasteiger partial charge < -0.3 is 10.0 Å². The number of likely N-dealkylation sites (tertiary alicyclic amines) is 1. The van der Waals surface area contributed by atoms with Gasteiger partial charge in [-0.3, -0.25) is 9.36 Å². The third-order valence-electron chi connectivity index (χ3n) is 3.34. The summed E-state index contributed by atoms with van der Waals surface area (Å²) >= 11 is 0. The van der Waals surface area contributed by atoms with Crippen LogP contribution in [0.4, 0.5) is 0 Å². The molecular formula is C14H15N3O2. The minimum absolute atomic E-state index is 0.0853. The van der Waals surface area contributed by atoms with Gasteiger partial charge in [-0.15, -0.1) is 0 Å². The number of hydrogen-bond acceptors (Lipinski definition) is 3. The molecule has 5 nitrogen and oxygen atoms in total. The summed E-state index contributed by atoms with van der Waals surface area (Å²) in [6.45, 7) is 0.999. The zero-order valence-electron chi connectivity index (χ0n) is 10.4. The first-order chi connectivity index (χ1) is 9.25. The summed E-state index contributed by atoms with van der Waals surface area (Å²) in [6, 6.07) is 9.62. The zero-order valence-corrected chi connectivity index (χ0v) is 10.4. The zero-order chi connectivity index (χ0) is 13.2. The molecule has 98 valence electrons. The van der Waals surface area contributed by atoms with Crippen LogP contribution in [0, 0.1) is 0 Å². The summed E-state index contributed by atoms with van der Waals surface area (Å²) in [6.07, 6.45) is 3.44. The van der Waals surface area contributed by atoms with Gasteiger partial charge in [0.05, 0.1) is 18.6 Å². The van der Waals surface area contributed by atoms with Crippen LogP contribution in [-0.2, 0) is 0 Å². The number of para-hydroxylation sites is 1. The fraction of sp³-hybridized carbons (Fsp3) is 0.286. The highest BCUT2D eigenvalue weighted by atomic mass is 16.3. The summed E-state index contributed by atoms with van der Waals surface area (Å²) in [5, 5.41) is 9.52. The second kappa shape index (κ2) is 4.85. The highest BCUT2D eigenvalue weighted by molar-refractivity contribution is 5.93. The minimum Gasteiger partial charge on any atom is -0.391 e. The predicted octanol–water partition coefficient (Wildman–Crippen LogP) is 1.08. The van der Waals surface area contributed by atoms with E-state index in [1.807, 2.05) is 30.3 Å². The Kier molecular flexibility index (Phi) is 3.05. The van der Waals surface area contributed by atoms with E-state index in [2.05, 4.69) is 4.98 Å². The Morgan fingerprint density at radius 3 is 2.79 bits per heavy atom. The van der Waals surface area contributed by atoms with Gasteiger partial charge in [-0.25, -0.2) is 4.98 Å². The van der Waals surface area contributed by atoms with Crippen molar-refractivity contribution in [3.05, 3.63) is 48.5 Å². The monoisotopic (exact) mass is 257 g/mol. The first-order valence-corrected chi connectivity index (χ1v) is 6.31. The lowest BCUT2D eigenvalue weighted by molar-refractivity contribution is 0.0757. The highest BCUT2D eigenvalue weighted by Gasteiger charge is 2.27. The van der Waals surface area contributed by atoms with Crippen LogP contribution >= 0.6 is 0 Å². The summed E-state index contributed by atoms with van der Waals surface area (Å²) in [7, 11) is 0. The van der Waals surface area contributed by atoms with Crippen LogP contribution in [0.1, 0.15) is 16.9 Å². The van der Waals surface area contributed by atoms with Gasteiger partial charge in [-0.05, 0) is 18.6 Å². The maximum Gasteiger partial charge on any atom is 0.272 e. The minimum atomic E-state index is -0.406. The molecule has 1 aromatic carbocycles. The fourth-order valence-corrected chi connectivity index (χ4v) is 2.34. The van der Waals surface area contributed by atoms with Gasteiger partial charge in [0.1, 0.15) is 5.69 Å². The van der Waals surface area contributed by atoms with Crippen LogP contribution in [0.5, 0.6) is 0 Å². The molecule has 1 atom stereocenters. The van der Waals surface area contributed by atoms with Crippen LogP contribution in [0.3, 0.4) is 0 Å². The molecule has 0 unspecified atom stereocenters. The molecular weight excluding hydrogens is 242 g/mol. The van der Waals surface area contributed by atoms with Gasteiger partial charge in [0, 0.05) is 18.8 Å². The molecule has 1 saturated heterocycles. The Morgan fingerprint density at radius 1 is 1.32 bits per heavy atom. The molecule has 2 heterocycles. The maximum absolute atomic E-state index is 12.4. The Labute approximate surface area is 111 Å². The van der Waals surface area contributed by atoms with Crippen LogP contribution < -0.4 is 0 Å². The molecule has 1 fully saturated rings. The van der Waals surface area contributed by atoms with Crippen molar-refractivity contribution in [2.75, 3.05) is 13.1 Å². The molecule has 1 N–H and O–H groups in total. The van der Waals surface area contributed by atoms with E-state index in [9.17, 15) is 9.90 Å². The molecule has 1 aromatic heterocycles. The van der Waals surface area contributed by atoms with Crippen LogP contribution in [-0.4, -0.2) is 44.7 Å². The molecule has 0 spiro atoms. The molecule has 3 rings (SSSR count). The van der Waals surface area contributed by atoms with Crippen molar-refractivity contribution in [1.82, 2.24) is 14.5 Å². The number of nitrogens with zero attached hydrogens (tertiary/aromatic N) is 3.